The van der Waals surface area contributed by atoms with Crippen LogP contribution in [0.15, 0.2) is 30.7 Å². The second-order valence-electron chi connectivity index (χ2n) is 5.20. The minimum atomic E-state index is -0.543. The fourth-order valence-corrected chi connectivity index (χ4v) is 2.28. The molecule has 0 aliphatic heterocycles. The van der Waals surface area contributed by atoms with Crippen LogP contribution in [0.2, 0.25) is 0 Å². The molecule has 0 spiro atoms. The highest BCUT2D eigenvalue weighted by Gasteiger charge is 2.15. The standard InChI is InChI=1S/C16H20N4O3/c1-10(21)8-20-9-14(11(2)19-20)12-4-5-18-15(6-12)13(7-17)16(22)23-3/h4-7,9-10,21H,8,17H2,1-3H3/b13-7+/t10-/m0/s1. The molecule has 0 aliphatic carbocycles. The predicted molar refractivity (Wildman–Crippen MR) is 86.1 cm³/mol. The Labute approximate surface area is 134 Å². The number of nitrogens with zero attached hydrogens (tertiary/aromatic N) is 3. The molecule has 7 nitrogen and oxygen atoms in total. The quantitative estimate of drug-likeness (QED) is 0.632. The molecule has 0 amide bonds. The number of carbonyl (C=O) groups excluding carboxylic acids is 1. The van der Waals surface area contributed by atoms with Crippen LogP contribution >= 0.6 is 0 Å². The maximum absolute atomic E-state index is 11.7. The molecule has 0 radical (unpaired) electrons. The van der Waals surface area contributed by atoms with Gasteiger partial charge < -0.3 is 15.6 Å². The Balaban J connectivity index is 2.40. The third-order valence-corrected chi connectivity index (χ3v) is 3.32. The summed E-state index contributed by atoms with van der Waals surface area (Å²) < 4.78 is 6.39. The lowest BCUT2D eigenvalue weighted by molar-refractivity contribution is -0.133. The molecule has 2 aromatic rings. The van der Waals surface area contributed by atoms with E-state index in [4.69, 9.17) is 10.5 Å². The lowest BCUT2D eigenvalue weighted by Crippen LogP contribution is -2.11. The molecule has 1 atom stereocenters. The summed E-state index contributed by atoms with van der Waals surface area (Å²) in [6.45, 7) is 4.00. The van der Waals surface area contributed by atoms with Crippen molar-refractivity contribution in [2.75, 3.05) is 7.11 Å². The van der Waals surface area contributed by atoms with Crippen LogP contribution in [0.25, 0.3) is 16.7 Å². The number of carbonyl (C=O) groups is 1. The van der Waals surface area contributed by atoms with E-state index >= 15 is 0 Å². The number of hydrogen-bond acceptors (Lipinski definition) is 6. The van der Waals surface area contributed by atoms with Crippen LogP contribution in [-0.4, -0.2) is 39.1 Å². The van der Waals surface area contributed by atoms with Gasteiger partial charge in [0.1, 0.15) is 5.57 Å². The summed E-state index contributed by atoms with van der Waals surface area (Å²) in [6.07, 6.45) is 4.15. The first kappa shape index (κ1) is 16.7. The molecule has 3 N–H and O–H groups in total. The smallest absolute Gasteiger partial charge is 0.341 e. The van der Waals surface area contributed by atoms with E-state index in [-0.39, 0.29) is 5.57 Å². The Hall–Kier alpha value is -2.67. The highest BCUT2D eigenvalue weighted by Crippen LogP contribution is 2.25. The molecular formula is C16H20N4O3. The fourth-order valence-electron chi connectivity index (χ4n) is 2.28. The van der Waals surface area contributed by atoms with Crippen LogP contribution < -0.4 is 5.73 Å². The van der Waals surface area contributed by atoms with Gasteiger partial charge >= 0.3 is 5.97 Å². The number of ether oxygens (including phenoxy) is 1. The van der Waals surface area contributed by atoms with Crippen molar-refractivity contribution in [1.29, 1.82) is 0 Å². The number of aryl methyl sites for hydroxylation is 1. The van der Waals surface area contributed by atoms with Crippen LogP contribution in [0, 0.1) is 6.92 Å². The minimum Gasteiger partial charge on any atom is -0.465 e. The number of methoxy groups -OCH3 is 1. The van der Waals surface area contributed by atoms with E-state index in [1.165, 1.54) is 13.3 Å². The van der Waals surface area contributed by atoms with Gasteiger partial charge in [0.15, 0.2) is 0 Å². The maximum Gasteiger partial charge on any atom is 0.341 e. The van der Waals surface area contributed by atoms with Crippen LogP contribution in [0.1, 0.15) is 18.3 Å². The highest BCUT2D eigenvalue weighted by molar-refractivity contribution is 6.15. The van der Waals surface area contributed by atoms with Gasteiger partial charge in [-0.2, -0.15) is 5.10 Å². The van der Waals surface area contributed by atoms with Gasteiger partial charge in [-0.15, -0.1) is 0 Å². The van der Waals surface area contributed by atoms with E-state index in [1.807, 2.05) is 19.2 Å². The minimum absolute atomic E-state index is 0.198. The summed E-state index contributed by atoms with van der Waals surface area (Å²) in [5.41, 5.74) is 8.71. The van der Waals surface area contributed by atoms with Gasteiger partial charge in [0, 0.05) is 24.2 Å². The van der Waals surface area contributed by atoms with Crippen molar-refractivity contribution in [2.45, 2.75) is 26.5 Å². The monoisotopic (exact) mass is 316 g/mol. The molecular weight excluding hydrogens is 296 g/mol. The number of aromatic nitrogens is 3. The molecule has 122 valence electrons. The molecule has 0 saturated heterocycles. The topological polar surface area (TPSA) is 103 Å². The average molecular weight is 316 g/mol. The van der Waals surface area contributed by atoms with Crippen molar-refractivity contribution in [2.24, 2.45) is 5.73 Å². The summed E-state index contributed by atoms with van der Waals surface area (Å²) in [7, 11) is 1.29. The largest absolute Gasteiger partial charge is 0.465 e. The van der Waals surface area contributed by atoms with Crippen LogP contribution in [0.3, 0.4) is 0 Å². The Kier molecular flexibility index (Phi) is 5.13. The molecule has 7 heteroatoms. The third kappa shape index (κ3) is 3.75. The molecule has 0 saturated carbocycles. The van der Waals surface area contributed by atoms with Crippen molar-refractivity contribution in [3.05, 3.63) is 42.1 Å². The molecule has 0 fully saturated rings. The average Bonchev–Trinajstić information content (AvgIpc) is 2.87. The zero-order chi connectivity index (χ0) is 17.0. The van der Waals surface area contributed by atoms with Crippen LogP contribution in [0.4, 0.5) is 0 Å². The number of nitrogens with two attached hydrogens (primary N) is 1. The third-order valence-electron chi connectivity index (χ3n) is 3.32. The second-order valence-corrected chi connectivity index (χ2v) is 5.20. The van der Waals surface area contributed by atoms with E-state index in [9.17, 15) is 9.90 Å². The Morgan fingerprint density at radius 3 is 2.91 bits per heavy atom. The molecule has 0 aliphatic rings. The second kappa shape index (κ2) is 7.06. The fraction of sp³-hybridized carbons (Fsp3) is 0.312. The number of rotatable bonds is 5. The summed E-state index contributed by atoms with van der Waals surface area (Å²) in [5, 5.41) is 13.8. The molecule has 2 rings (SSSR count). The molecule has 0 bridgehead atoms. The number of esters is 1. The van der Waals surface area contributed by atoms with Gasteiger partial charge in [0.05, 0.1) is 31.1 Å². The zero-order valence-electron chi connectivity index (χ0n) is 13.4. The molecule has 0 unspecified atom stereocenters. The highest BCUT2D eigenvalue weighted by atomic mass is 16.5. The van der Waals surface area contributed by atoms with Crippen molar-refractivity contribution in [3.8, 4) is 11.1 Å². The number of hydrogen-bond donors (Lipinski definition) is 2. The molecule has 2 heterocycles. The van der Waals surface area contributed by atoms with Gasteiger partial charge in [-0.25, -0.2) is 4.79 Å². The van der Waals surface area contributed by atoms with E-state index in [0.717, 1.165) is 16.8 Å². The predicted octanol–water partition coefficient (Wildman–Crippen LogP) is 1.11. The first-order valence-corrected chi connectivity index (χ1v) is 7.15. The summed E-state index contributed by atoms with van der Waals surface area (Å²) in [5.74, 6) is -0.543. The summed E-state index contributed by atoms with van der Waals surface area (Å²) in [6, 6.07) is 3.58. The molecule has 2 aromatic heterocycles. The normalized spacial score (nSPS) is 13.0. The van der Waals surface area contributed by atoms with E-state index in [0.29, 0.717) is 12.2 Å². The SMILES string of the molecule is COC(=O)/C(=C/N)c1cc(-c2cn(C[C@H](C)O)nc2C)ccn1. The zero-order valence-corrected chi connectivity index (χ0v) is 13.4. The van der Waals surface area contributed by atoms with Gasteiger partial charge in [0.25, 0.3) is 0 Å². The molecule has 0 aromatic carbocycles. The lowest BCUT2D eigenvalue weighted by Gasteiger charge is -2.06. The first-order valence-electron chi connectivity index (χ1n) is 7.15. The Bertz CT molecular complexity index is 735. The van der Waals surface area contributed by atoms with Gasteiger partial charge in [-0.1, -0.05) is 0 Å². The number of aliphatic hydroxyl groups is 1. The number of aliphatic hydroxyl groups excluding tert-OH is 1. The van der Waals surface area contributed by atoms with Crippen molar-refractivity contribution in [1.82, 2.24) is 14.8 Å². The molecule has 23 heavy (non-hydrogen) atoms. The van der Waals surface area contributed by atoms with Gasteiger partial charge in [-0.05, 0) is 31.5 Å². The van der Waals surface area contributed by atoms with Crippen LogP contribution in [0.5, 0.6) is 0 Å². The van der Waals surface area contributed by atoms with Crippen LogP contribution in [-0.2, 0) is 16.1 Å². The van der Waals surface area contributed by atoms with Crippen molar-refractivity contribution >= 4 is 11.5 Å². The Morgan fingerprint density at radius 1 is 1.57 bits per heavy atom. The van der Waals surface area contributed by atoms with E-state index < -0.39 is 12.1 Å². The van der Waals surface area contributed by atoms with Gasteiger partial charge in [-0.3, -0.25) is 9.67 Å². The first-order chi connectivity index (χ1) is 11.0. The van der Waals surface area contributed by atoms with Gasteiger partial charge in [0.2, 0.25) is 0 Å². The van der Waals surface area contributed by atoms with E-state index in [2.05, 4.69) is 10.1 Å². The number of pyridine rings is 1. The van der Waals surface area contributed by atoms with Crippen molar-refractivity contribution < 1.29 is 14.6 Å². The summed E-state index contributed by atoms with van der Waals surface area (Å²) in [4.78, 5) is 15.9. The van der Waals surface area contributed by atoms with E-state index in [1.54, 1.807) is 23.9 Å². The van der Waals surface area contributed by atoms with Crippen molar-refractivity contribution in [3.63, 3.8) is 0 Å². The Morgan fingerprint density at radius 2 is 2.30 bits per heavy atom. The summed E-state index contributed by atoms with van der Waals surface area (Å²) >= 11 is 0. The lowest BCUT2D eigenvalue weighted by atomic mass is 10.0. The maximum atomic E-state index is 11.7.